The van der Waals surface area contributed by atoms with Crippen LogP contribution in [-0.2, 0) is 4.79 Å². The maximum absolute atomic E-state index is 11.9. The number of hydrogen-bond donors (Lipinski definition) is 0. The molecule has 0 bridgehead atoms. The Labute approximate surface area is 155 Å². The molecule has 0 aromatic carbocycles. The molecule has 2 aliphatic rings. The SMILES string of the molecule is O=C(Cl)C1CCCCCCCC(C2CCCCCCCCCC2)C1. The smallest absolute Gasteiger partial charge is 0.224 e. The molecule has 2 heteroatoms. The van der Waals surface area contributed by atoms with Crippen LogP contribution in [0.3, 0.4) is 0 Å². The lowest BCUT2D eigenvalue weighted by molar-refractivity contribution is -0.116. The number of carbonyl (C=O) groups excluding carboxylic acids is 1. The van der Waals surface area contributed by atoms with Crippen molar-refractivity contribution in [2.24, 2.45) is 17.8 Å². The van der Waals surface area contributed by atoms with E-state index in [0.717, 1.165) is 24.7 Å². The van der Waals surface area contributed by atoms with E-state index in [1.165, 1.54) is 103 Å². The van der Waals surface area contributed by atoms with Crippen LogP contribution in [0.2, 0.25) is 0 Å². The molecule has 2 rings (SSSR count). The summed E-state index contributed by atoms with van der Waals surface area (Å²) in [5.74, 6) is 1.73. The Balaban J connectivity index is 1.98. The van der Waals surface area contributed by atoms with Crippen molar-refractivity contribution in [2.45, 2.75) is 116 Å². The third-order valence-electron chi connectivity index (χ3n) is 6.60. The topological polar surface area (TPSA) is 17.1 Å². The third-order valence-corrected chi connectivity index (χ3v) is 6.91. The molecule has 0 saturated heterocycles. The molecule has 0 aromatic rings. The van der Waals surface area contributed by atoms with Gasteiger partial charge in [0.1, 0.15) is 0 Å². The van der Waals surface area contributed by atoms with Gasteiger partial charge >= 0.3 is 0 Å². The summed E-state index contributed by atoms with van der Waals surface area (Å²) in [5.41, 5.74) is 0. The number of rotatable bonds is 2. The minimum atomic E-state index is -0.0581. The monoisotopic (exact) mass is 354 g/mol. The molecule has 0 spiro atoms. The van der Waals surface area contributed by atoms with Gasteiger partial charge < -0.3 is 0 Å². The van der Waals surface area contributed by atoms with Crippen molar-refractivity contribution in [3.05, 3.63) is 0 Å². The number of hydrogen-bond acceptors (Lipinski definition) is 1. The predicted molar refractivity (Wildman–Crippen MR) is 104 cm³/mol. The van der Waals surface area contributed by atoms with Crippen molar-refractivity contribution in [1.29, 1.82) is 0 Å². The van der Waals surface area contributed by atoms with Gasteiger partial charge in [0.15, 0.2) is 0 Å². The summed E-state index contributed by atoms with van der Waals surface area (Å²) >= 11 is 5.97. The lowest BCUT2D eigenvalue weighted by atomic mass is 9.75. The Morgan fingerprint density at radius 3 is 1.38 bits per heavy atom. The molecule has 0 radical (unpaired) electrons. The molecule has 24 heavy (non-hydrogen) atoms. The average molecular weight is 355 g/mol. The van der Waals surface area contributed by atoms with Gasteiger partial charge in [-0.15, -0.1) is 0 Å². The molecule has 2 aliphatic carbocycles. The minimum Gasteiger partial charge on any atom is -0.281 e. The fourth-order valence-electron chi connectivity index (χ4n) is 5.05. The van der Waals surface area contributed by atoms with Crippen LogP contribution in [0.5, 0.6) is 0 Å². The van der Waals surface area contributed by atoms with Crippen molar-refractivity contribution in [3.63, 3.8) is 0 Å². The van der Waals surface area contributed by atoms with E-state index in [1.807, 2.05) is 0 Å². The van der Waals surface area contributed by atoms with Gasteiger partial charge in [0.25, 0.3) is 0 Å². The first-order valence-electron chi connectivity index (χ1n) is 11.0. The fraction of sp³-hybridized carbons (Fsp3) is 0.955. The normalized spacial score (nSPS) is 30.2. The summed E-state index contributed by atoms with van der Waals surface area (Å²) in [6.45, 7) is 0. The van der Waals surface area contributed by atoms with Crippen molar-refractivity contribution in [1.82, 2.24) is 0 Å². The van der Waals surface area contributed by atoms with Crippen LogP contribution in [0, 0.1) is 17.8 Å². The lowest BCUT2D eigenvalue weighted by Gasteiger charge is -2.31. The summed E-state index contributed by atoms with van der Waals surface area (Å²) in [7, 11) is 0. The Morgan fingerprint density at radius 1 is 0.542 bits per heavy atom. The average Bonchev–Trinajstić information content (AvgIpc) is 2.64. The second-order valence-corrected chi connectivity index (χ2v) is 8.88. The van der Waals surface area contributed by atoms with Crippen molar-refractivity contribution in [3.8, 4) is 0 Å². The van der Waals surface area contributed by atoms with Crippen molar-refractivity contribution in [2.75, 3.05) is 0 Å². The zero-order valence-electron chi connectivity index (χ0n) is 15.7. The van der Waals surface area contributed by atoms with Gasteiger partial charge in [0.2, 0.25) is 5.24 Å². The Bertz CT molecular complexity index is 329. The van der Waals surface area contributed by atoms with Gasteiger partial charge in [-0.05, 0) is 36.3 Å². The molecule has 2 fully saturated rings. The second kappa shape index (κ2) is 12.3. The molecule has 2 atom stereocenters. The highest BCUT2D eigenvalue weighted by Gasteiger charge is 2.27. The van der Waals surface area contributed by atoms with E-state index in [0.29, 0.717) is 0 Å². The van der Waals surface area contributed by atoms with Crippen LogP contribution < -0.4 is 0 Å². The van der Waals surface area contributed by atoms with Crippen LogP contribution in [0.25, 0.3) is 0 Å². The standard InChI is InChI=1S/C22H39ClO/c23-22(24)21-17-13-9-5-8-12-16-20(18-21)19-14-10-6-3-1-2-4-7-11-15-19/h19-21H,1-18H2. The molecule has 0 amide bonds. The van der Waals surface area contributed by atoms with Gasteiger partial charge in [0, 0.05) is 5.92 Å². The summed E-state index contributed by atoms with van der Waals surface area (Å²) in [4.78, 5) is 11.9. The number of carbonyl (C=O) groups is 1. The molecule has 0 aliphatic heterocycles. The van der Waals surface area contributed by atoms with Crippen LogP contribution >= 0.6 is 11.6 Å². The van der Waals surface area contributed by atoms with Crippen molar-refractivity contribution >= 4 is 16.8 Å². The molecule has 140 valence electrons. The first kappa shape index (κ1) is 20.3. The van der Waals surface area contributed by atoms with Crippen LogP contribution in [0.4, 0.5) is 0 Å². The summed E-state index contributed by atoms with van der Waals surface area (Å²) in [5, 5.41) is -0.0581. The van der Waals surface area contributed by atoms with Gasteiger partial charge in [0.05, 0.1) is 0 Å². The van der Waals surface area contributed by atoms with E-state index in [-0.39, 0.29) is 11.2 Å². The predicted octanol–water partition coefficient (Wildman–Crippen LogP) is 7.65. The number of halogens is 1. The molecule has 0 aromatic heterocycles. The lowest BCUT2D eigenvalue weighted by Crippen LogP contribution is -2.22. The van der Waals surface area contributed by atoms with E-state index in [2.05, 4.69) is 0 Å². The first-order chi connectivity index (χ1) is 11.8. The third kappa shape index (κ3) is 7.89. The molecule has 0 heterocycles. The Morgan fingerprint density at radius 2 is 0.917 bits per heavy atom. The zero-order valence-corrected chi connectivity index (χ0v) is 16.5. The van der Waals surface area contributed by atoms with Gasteiger partial charge in [-0.2, -0.15) is 0 Å². The first-order valence-corrected chi connectivity index (χ1v) is 11.3. The molecule has 2 saturated carbocycles. The largest absolute Gasteiger partial charge is 0.281 e. The van der Waals surface area contributed by atoms with Crippen LogP contribution in [0.1, 0.15) is 116 Å². The van der Waals surface area contributed by atoms with Crippen LogP contribution in [0.15, 0.2) is 0 Å². The zero-order chi connectivity index (χ0) is 17.0. The summed E-state index contributed by atoms with van der Waals surface area (Å²) in [6.07, 6.45) is 24.2. The Kier molecular flexibility index (Phi) is 10.4. The molecule has 0 N–H and O–H groups in total. The van der Waals surface area contributed by atoms with Gasteiger partial charge in [-0.25, -0.2) is 0 Å². The van der Waals surface area contributed by atoms with E-state index < -0.39 is 0 Å². The fourth-order valence-corrected chi connectivity index (χ4v) is 5.25. The second-order valence-electron chi connectivity index (χ2n) is 8.51. The van der Waals surface area contributed by atoms with E-state index in [4.69, 9.17) is 11.6 Å². The molecular formula is C22H39ClO. The molecule has 1 nitrogen and oxygen atoms in total. The highest BCUT2D eigenvalue weighted by atomic mass is 35.5. The van der Waals surface area contributed by atoms with E-state index in [9.17, 15) is 4.79 Å². The van der Waals surface area contributed by atoms with Gasteiger partial charge in [-0.3, -0.25) is 4.79 Å². The highest BCUT2D eigenvalue weighted by molar-refractivity contribution is 6.63. The summed E-state index contributed by atoms with van der Waals surface area (Å²) < 4.78 is 0. The maximum Gasteiger partial charge on any atom is 0.224 e. The molecular weight excluding hydrogens is 316 g/mol. The van der Waals surface area contributed by atoms with Crippen LogP contribution in [-0.4, -0.2) is 5.24 Å². The summed E-state index contributed by atoms with van der Waals surface area (Å²) in [6, 6.07) is 0. The minimum absolute atomic E-state index is 0.0581. The van der Waals surface area contributed by atoms with Crippen molar-refractivity contribution < 1.29 is 4.79 Å². The quantitative estimate of drug-likeness (QED) is 0.465. The maximum atomic E-state index is 11.9. The van der Waals surface area contributed by atoms with E-state index in [1.54, 1.807) is 0 Å². The Hall–Kier alpha value is -0.0400. The van der Waals surface area contributed by atoms with E-state index >= 15 is 0 Å². The van der Waals surface area contributed by atoms with Gasteiger partial charge in [-0.1, -0.05) is 103 Å². The molecule has 2 unspecified atom stereocenters. The highest BCUT2D eigenvalue weighted by Crippen LogP contribution is 2.37.